The Kier molecular flexibility index (Phi) is 10.5. The average molecular weight is 530 g/mol. The highest BCUT2D eigenvalue weighted by atomic mass is 35.5. The van der Waals surface area contributed by atoms with Crippen LogP contribution in [0.15, 0.2) is 48.5 Å². The maximum Gasteiger partial charge on any atom is 0.319 e. The second-order valence-electron chi connectivity index (χ2n) is 10.0. The topological polar surface area (TPSA) is 142 Å². The Balaban J connectivity index is 2.08. The Morgan fingerprint density at radius 3 is 2.14 bits per heavy atom. The van der Waals surface area contributed by atoms with Gasteiger partial charge in [0.25, 0.3) is 0 Å². The standard InChI is InChI=1S/C27H36ClN5O4/c1-6-20(24(35)32-21(23(29)34)15-17-10-8-11-18(28)14-17)31-25(36)22(27(3,4)5)33-26(37)30-19-12-7-9-16(2)13-19/h7-14,20-22H,6,15H2,1-5H3,(H2,29,34)(H,31,36)(H,32,35)(H2,30,33,37)/t20-,21-,22+/m0/s1. The van der Waals surface area contributed by atoms with Crippen LogP contribution >= 0.6 is 11.6 Å². The van der Waals surface area contributed by atoms with E-state index in [4.69, 9.17) is 17.3 Å². The van der Waals surface area contributed by atoms with E-state index in [2.05, 4.69) is 21.3 Å². The molecule has 9 nitrogen and oxygen atoms in total. The van der Waals surface area contributed by atoms with Gasteiger partial charge in [-0.05, 0) is 54.2 Å². The monoisotopic (exact) mass is 529 g/mol. The summed E-state index contributed by atoms with van der Waals surface area (Å²) in [4.78, 5) is 50.9. The molecule has 0 heterocycles. The minimum Gasteiger partial charge on any atom is -0.368 e. The van der Waals surface area contributed by atoms with Crippen molar-refractivity contribution < 1.29 is 19.2 Å². The van der Waals surface area contributed by atoms with Crippen LogP contribution in [0.3, 0.4) is 0 Å². The lowest BCUT2D eigenvalue weighted by Gasteiger charge is -2.32. The Morgan fingerprint density at radius 1 is 0.919 bits per heavy atom. The van der Waals surface area contributed by atoms with Crippen LogP contribution < -0.4 is 27.0 Å². The minimum absolute atomic E-state index is 0.150. The van der Waals surface area contributed by atoms with E-state index < -0.39 is 47.3 Å². The molecule has 0 saturated heterocycles. The summed E-state index contributed by atoms with van der Waals surface area (Å²) in [6.07, 6.45) is 0.407. The number of hydrogen-bond acceptors (Lipinski definition) is 4. The zero-order valence-electron chi connectivity index (χ0n) is 21.9. The van der Waals surface area contributed by atoms with E-state index in [0.717, 1.165) is 11.1 Å². The van der Waals surface area contributed by atoms with Crippen LogP contribution in [0.25, 0.3) is 0 Å². The SMILES string of the molecule is CC[C@H](NC(=O)[C@@H](NC(=O)Nc1cccc(C)c1)C(C)(C)C)C(=O)N[C@@H](Cc1cccc(Cl)c1)C(N)=O. The van der Waals surface area contributed by atoms with Crippen molar-refractivity contribution in [2.24, 2.45) is 11.1 Å². The lowest BCUT2D eigenvalue weighted by atomic mass is 9.86. The number of primary amides is 1. The summed E-state index contributed by atoms with van der Waals surface area (Å²) in [6, 6.07) is 10.7. The number of hydrogen-bond donors (Lipinski definition) is 5. The van der Waals surface area contributed by atoms with Crippen LogP contribution in [-0.2, 0) is 20.8 Å². The van der Waals surface area contributed by atoms with Crippen molar-refractivity contribution in [2.45, 2.75) is 65.6 Å². The zero-order chi connectivity index (χ0) is 27.8. The van der Waals surface area contributed by atoms with Crippen LogP contribution in [0.1, 0.15) is 45.2 Å². The Hall–Kier alpha value is -3.59. The number of aryl methyl sites for hydroxylation is 1. The van der Waals surface area contributed by atoms with Crippen molar-refractivity contribution in [1.29, 1.82) is 0 Å². The average Bonchev–Trinajstić information content (AvgIpc) is 2.79. The number of carbonyl (C=O) groups is 4. The smallest absolute Gasteiger partial charge is 0.319 e. The molecule has 0 radical (unpaired) electrons. The van der Waals surface area contributed by atoms with Gasteiger partial charge in [0.1, 0.15) is 18.1 Å². The van der Waals surface area contributed by atoms with Gasteiger partial charge in [0, 0.05) is 17.1 Å². The molecule has 3 atom stereocenters. The normalized spacial score (nSPS) is 13.6. The molecular weight excluding hydrogens is 494 g/mol. The summed E-state index contributed by atoms with van der Waals surface area (Å²) in [6.45, 7) is 9.05. The first-order valence-corrected chi connectivity index (χ1v) is 12.5. The van der Waals surface area contributed by atoms with Gasteiger partial charge in [-0.15, -0.1) is 0 Å². The number of carbonyl (C=O) groups excluding carboxylic acids is 4. The Morgan fingerprint density at radius 2 is 1.57 bits per heavy atom. The quantitative estimate of drug-likeness (QED) is 0.322. The summed E-state index contributed by atoms with van der Waals surface area (Å²) in [5, 5.41) is 11.3. The summed E-state index contributed by atoms with van der Waals surface area (Å²) in [7, 11) is 0. The van der Waals surface area contributed by atoms with Crippen LogP contribution in [0, 0.1) is 12.3 Å². The summed E-state index contributed by atoms with van der Waals surface area (Å²) >= 11 is 6.01. The highest BCUT2D eigenvalue weighted by Crippen LogP contribution is 2.20. The molecule has 6 N–H and O–H groups in total. The van der Waals surface area contributed by atoms with Crippen LogP contribution in [-0.4, -0.2) is 41.9 Å². The van der Waals surface area contributed by atoms with Crippen LogP contribution in [0.5, 0.6) is 0 Å². The molecule has 0 saturated carbocycles. The van der Waals surface area contributed by atoms with Gasteiger partial charge in [-0.25, -0.2) is 4.79 Å². The summed E-state index contributed by atoms with van der Waals surface area (Å²) in [5.41, 5.74) is 7.15. The lowest BCUT2D eigenvalue weighted by molar-refractivity contribution is -0.132. The Bertz CT molecular complexity index is 1130. The van der Waals surface area contributed by atoms with Gasteiger partial charge >= 0.3 is 6.03 Å². The van der Waals surface area contributed by atoms with Gasteiger partial charge in [0.15, 0.2) is 0 Å². The number of anilines is 1. The van der Waals surface area contributed by atoms with Gasteiger partial charge < -0.3 is 27.0 Å². The molecule has 0 spiro atoms. The van der Waals surface area contributed by atoms with Crippen molar-refractivity contribution in [3.05, 3.63) is 64.7 Å². The molecule has 200 valence electrons. The molecule has 0 aromatic heterocycles. The number of amides is 5. The van der Waals surface area contributed by atoms with E-state index in [-0.39, 0.29) is 12.8 Å². The fraction of sp³-hybridized carbons (Fsp3) is 0.407. The van der Waals surface area contributed by atoms with Gasteiger partial charge in [-0.3, -0.25) is 14.4 Å². The fourth-order valence-corrected chi connectivity index (χ4v) is 3.91. The predicted octanol–water partition coefficient (Wildman–Crippen LogP) is 3.29. The Labute approximate surface area is 222 Å². The third-order valence-electron chi connectivity index (χ3n) is 5.71. The van der Waals surface area contributed by atoms with E-state index in [1.54, 1.807) is 58.0 Å². The predicted molar refractivity (Wildman–Crippen MR) is 145 cm³/mol. The van der Waals surface area contributed by atoms with Gasteiger partial charge in [0.2, 0.25) is 17.7 Å². The molecule has 10 heteroatoms. The molecule has 2 aromatic rings. The fourth-order valence-electron chi connectivity index (χ4n) is 3.70. The molecule has 2 rings (SSSR count). The number of rotatable bonds is 10. The van der Waals surface area contributed by atoms with E-state index in [1.165, 1.54) is 0 Å². The highest BCUT2D eigenvalue weighted by molar-refractivity contribution is 6.30. The third kappa shape index (κ3) is 9.42. The minimum atomic E-state index is -0.992. The van der Waals surface area contributed by atoms with Gasteiger partial charge in [-0.1, -0.05) is 63.6 Å². The highest BCUT2D eigenvalue weighted by Gasteiger charge is 2.35. The van der Waals surface area contributed by atoms with E-state index in [0.29, 0.717) is 10.7 Å². The second kappa shape index (κ2) is 13.1. The first-order chi connectivity index (χ1) is 17.3. The maximum absolute atomic E-state index is 13.2. The number of nitrogens with two attached hydrogens (primary N) is 1. The van der Waals surface area contributed by atoms with Crippen molar-refractivity contribution in [1.82, 2.24) is 16.0 Å². The molecular formula is C27H36ClN5O4. The van der Waals surface area contributed by atoms with Crippen molar-refractivity contribution >= 4 is 41.0 Å². The molecule has 0 aliphatic heterocycles. The van der Waals surface area contributed by atoms with Crippen LogP contribution in [0.2, 0.25) is 5.02 Å². The summed E-state index contributed by atoms with van der Waals surface area (Å²) < 4.78 is 0. The number of benzene rings is 2. The first kappa shape index (κ1) is 29.6. The molecule has 37 heavy (non-hydrogen) atoms. The summed E-state index contributed by atoms with van der Waals surface area (Å²) in [5.74, 6) is -1.80. The molecule has 0 aliphatic carbocycles. The molecule has 0 aliphatic rings. The van der Waals surface area contributed by atoms with E-state index >= 15 is 0 Å². The van der Waals surface area contributed by atoms with E-state index in [9.17, 15) is 19.2 Å². The maximum atomic E-state index is 13.2. The number of urea groups is 1. The second-order valence-corrected chi connectivity index (χ2v) is 10.5. The van der Waals surface area contributed by atoms with Crippen molar-refractivity contribution in [3.63, 3.8) is 0 Å². The molecule has 2 aromatic carbocycles. The van der Waals surface area contributed by atoms with Gasteiger partial charge in [0.05, 0.1) is 0 Å². The molecule has 0 fully saturated rings. The first-order valence-electron chi connectivity index (χ1n) is 12.1. The molecule has 0 bridgehead atoms. The van der Waals surface area contributed by atoms with E-state index in [1.807, 2.05) is 25.1 Å². The number of nitrogens with one attached hydrogen (secondary N) is 4. The number of halogens is 1. The van der Waals surface area contributed by atoms with Crippen molar-refractivity contribution in [2.75, 3.05) is 5.32 Å². The third-order valence-corrected chi connectivity index (χ3v) is 5.94. The lowest BCUT2D eigenvalue weighted by Crippen LogP contribution is -2.59. The van der Waals surface area contributed by atoms with Gasteiger partial charge in [-0.2, -0.15) is 0 Å². The largest absolute Gasteiger partial charge is 0.368 e. The van der Waals surface area contributed by atoms with Crippen LogP contribution in [0.4, 0.5) is 10.5 Å². The zero-order valence-corrected chi connectivity index (χ0v) is 22.6. The molecule has 5 amide bonds. The molecule has 0 unspecified atom stereocenters. The van der Waals surface area contributed by atoms with Crippen molar-refractivity contribution in [3.8, 4) is 0 Å².